The summed E-state index contributed by atoms with van der Waals surface area (Å²) in [6, 6.07) is 1.74. The fraction of sp³-hybridized carbons (Fsp3) is 0.500. The van der Waals surface area contributed by atoms with Gasteiger partial charge in [-0.15, -0.1) is 5.10 Å². The minimum atomic E-state index is -0.166. The molecule has 0 aliphatic carbocycles. The minimum Gasteiger partial charge on any atom is -0.346 e. The molecule has 2 heterocycles. The minimum absolute atomic E-state index is 0.00198. The van der Waals surface area contributed by atoms with Gasteiger partial charge in [-0.3, -0.25) is 9.89 Å². The third kappa shape index (κ3) is 1.91. The lowest BCUT2D eigenvalue weighted by Crippen LogP contribution is -2.26. The van der Waals surface area contributed by atoms with Crippen LogP contribution in [0.4, 0.5) is 0 Å². The number of rotatable bonds is 3. The van der Waals surface area contributed by atoms with Crippen LogP contribution in [-0.2, 0) is 4.79 Å². The van der Waals surface area contributed by atoms with E-state index in [4.69, 9.17) is 0 Å². The molecule has 16 heavy (non-hydrogen) atoms. The summed E-state index contributed by atoms with van der Waals surface area (Å²) in [5.74, 6) is 0.621. The van der Waals surface area contributed by atoms with Crippen LogP contribution in [-0.4, -0.2) is 25.7 Å². The summed E-state index contributed by atoms with van der Waals surface area (Å²) < 4.78 is 1.61. The summed E-state index contributed by atoms with van der Waals surface area (Å²) in [5.41, 5.74) is 1.77. The van der Waals surface area contributed by atoms with Crippen LogP contribution in [0.3, 0.4) is 0 Å². The zero-order valence-electron chi connectivity index (χ0n) is 9.61. The average molecular weight is 221 g/mol. The topological polar surface area (TPSA) is 75.1 Å². The van der Waals surface area contributed by atoms with E-state index in [9.17, 15) is 4.79 Å². The third-order valence-electron chi connectivity index (χ3n) is 2.36. The van der Waals surface area contributed by atoms with Crippen molar-refractivity contribution >= 4 is 11.6 Å². The molecule has 2 aromatic heterocycles. The second kappa shape index (κ2) is 3.96. The number of carbonyl (C=O) groups excluding carboxylic acids is 1. The second-order valence-electron chi connectivity index (χ2n) is 3.82. The SMILES string of the molecule is CCC(=O)NC(C)c1nc2cc(C)[nH]n2n1. The molecule has 86 valence electrons. The molecule has 0 radical (unpaired) electrons. The lowest BCUT2D eigenvalue weighted by Gasteiger charge is -2.08. The third-order valence-corrected chi connectivity index (χ3v) is 2.36. The van der Waals surface area contributed by atoms with Gasteiger partial charge >= 0.3 is 0 Å². The van der Waals surface area contributed by atoms with Crippen LogP contribution in [0.1, 0.15) is 37.8 Å². The summed E-state index contributed by atoms with van der Waals surface area (Å²) >= 11 is 0. The van der Waals surface area contributed by atoms with Crippen molar-refractivity contribution in [3.05, 3.63) is 17.6 Å². The number of nitrogens with one attached hydrogen (secondary N) is 2. The Morgan fingerprint density at radius 1 is 1.69 bits per heavy atom. The van der Waals surface area contributed by atoms with Gasteiger partial charge in [0.25, 0.3) is 0 Å². The number of aryl methyl sites for hydroxylation is 1. The number of amides is 1. The Hall–Kier alpha value is -1.85. The van der Waals surface area contributed by atoms with Gasteiger partial charge in [-0.1, -0.05) is 6.92 Å². The van der Waals surface area contributed by atoms with Gasteiger partial charge in [-0.05, 0) is 13.8 Å². The van der Waals surface area contributed by atoms with Crippen LogP contribution in [0.5, 0.6) is 0 Å². The van der Waals surface area contributed by atoms with E-state index in [1.54, 1.807) is 4.63 Å². The number of hydrogen-bond donors (Lipinski definition) is 2. The first-order valence-corrected chi connectivity index (χ1v) is 5.31. The first-order chi connectivity index (χ1) is 7.60. The quantitative estimate of drug-likeness (QED) is 0.810. The maximum absolute atomic E-state index is 11.2. The van der Waals surface area contributed by atoms with Crippen molar-refractivity contribution in [3.63, 3.8) is 0 Å². The van der Waals surface area contributed by atoms with Crippen LogP contribution in [0.2, 0.25) is 0 Å². The highest BCUT2D eigenvalue weighted by Crippen LogP contribution is 2.10. The number of aromatic amines is 1. The zero-order chi connectivity index (χ0) is 11.7. The molecule has 1 atom stereocenters. The maximum Gasteiger partial charge on any atom is 0.220 e. The number of carbonyl (C=O) groups is 1. The highest BCUT2D eigenvalue weighted by atomic mass is 16.1. The number of hydrogen-bond acceptors (Lipinski definition) is 3. The highest BCUT2D eigenvalue weighted by molar-refractivity contribution is 5.75. The van der Waals surface area contributed by atoms with Gasteiger partial charge < -0.3 is 5.32 Å². The fourth-order valence-electron chi connectivity index (χ4n) is 1.50. The standard InChI is InChI=1S/C10H15N5O/c1-4-9(16)11-7(3)10-12-8-5-6(2)13-15(8)14-10/h5,7,13H,4H2,1-3H3,(H,11,16). The van der Waals surface area contributed by atoms with Crippen LogP contribution < -0.4 is 5.32 Å². The summed E-state index contributed by atoms with van der Waals surface area (Å²) in [6.07, 6.45) is 0.467. The molecule has 0 aliphatic heterocycles. The smallest absolute Gasteiger partial charge is 0.220 e. The fourth-order valence-corrected chi connectivity index (χ4v) is 1.50. The van der Waals surface area contributed by atoms with Crippen molar-refractivity contribution in [2.75, 3.05) is 0 Å². The van der Waals surface area contributed by atoms with Crippen molar-refractivity contribution in [2.45, 2.75) is 33.2 Å². The Bertz CT molecular complexity index is 481. The largest absolute Gasteiger partial charge is 0.346 e. The van der Waals surface area contributed by atoms with Gasteiger partial charge in [0, 0.05) is 18.2 Å². The molecular weight excluding hydrogens is 206 g/mol. The van der Waals surface area contributed by atoms with Crippen LogP contribution in [0, 0.1) is 6.92 Å². The Balaban J connectivity index is 2.19. The van der Waals surface area contributed by atoms with Gasteiger partial charge in [-0.2, -0.15) is 4.63 Å². The highest BCUT2D eigenvalue weighted by Gasteiger charge is 2.14. The first-order valence-electron chi connectivity index (χ1n) is 5.31. The molecule has 1 amide bonds. The molecule has 0 aliphatic rings. The maximum atomic E-state index is 11.2. The van der Waals surface area contributed by atoms with Gasteiger partial charge in [0.15, 0.2) is 11.5 Å². The monoisotopic (exact) mass is 221 g/mol. The van der Waals surface area contributed by atoms with E-state index in [1.165, 1.54) is 0 Å². The van der Waals surface area contributed by atoms with E-state index >= 15 is 0 Å². The lowest BCUT2D eigenvalue weighted by atomic mass is 10.3. The van der Waals surface area contributed by atoms with Gasteiger partial charge in [0.05, 0.1) is 6.04 Å². The molecule has 2 N–H and O–H groups in total. The first kappa shape index (κ1) is 10.7. The Morgan fingerprint density at radius 3 is 3.06 bits per heavy atom. The molecule has 1 unspecified atom stereocenters. The van der Waals surface area contributed by atoms with Crippen molar-refractivity contribution in [3.8, 4) is 0 Å². The van der Waals surface area contributed by atoms with E-state index in [1.807, 2.05) is 26.8 Å². The van der Waals surface area contributed by atoms with Crippen LogP contribution >= 0.6 is 0 Å². The molecule has 0 saturated heterocycles. The molecule has 2 rings (SSSR count). The molecule has 0 aromatic carbocycles. The molecule has 0 spiro atoms. The van der Waals surface area contributed by atoms with Crippen LogP contribution in [0.25, 0.3) is 5.65 Å². The number of aromatic nitrogens is 4. The van der Waals surface area contributed by atoms with Crippen LogP contribution in [0.15, 0.2) is 6.07 Å². The lowest BCUT2D eigenvalue weighted by molar-refractivity contribution is -0.121. The van der Waals surface area contributed by atoms with E-state index in [-0.39, 0.29) is 11.9 Å². The van der Waals surface area contributed by atoms with E-state index < -0.39 is 0 Å². The number of H-pyrrole nitrogens is 1. The Kier molecular flexibility index (Phi) is 2.64. The van der Waals surface area contributed by atoms with E-state index in [0.29, 0.717) is 12.2 Å². The summed E-state index contributed by atoms with van der Waals surface area (Å²) in [7, 11) is 0. The number of nitrogens with zero attached hydrogens (tertiary/aromatic N) is 3. The van der Waals surface area contributed by atoms with Crippen molar-refractivity contribution in [1.29, 1.82) is 0 Å². The summed E-state index contributed by atoms with van der Waals surface area (Å²) in [6.45, 7) is 5.63. The van der Waals surface area contributed by atoms with Gasteiger partial charge in [-0.25, -0.2) is 4.98 Å². The second-order valence-corrected chi connectivity index (χ2v) is 3.82. The van der Waals surface area contributed by atoms with Crippen molar-refractivity contribution < 1.29 is 4.79 Å². The molecule has 6 heteroatoms. The molecule has 2 aromatic rings. The Labute approximate surface area is 93.0 Å². The summed E-state index contributed by atoms with van der Waals surface area (Å²) in [4.78, 5) is 15.5. The van der Waals surface area contributed by atoms with E-state index in [2.05, 4.69) is 20.5 Å². The predicted molar refractivity (Wildman–Crippen MR) is 58.9 cm³/mol. The Morgan fingerprint density at radius 2 is 2.44 bits per heavy atom. The van der Waals surface area contributed by atoms with Crippen molar-refractivity contribution in [1.82, 2.24) is 25.1 Å². The molecule has 0 bridgehead atoms. The molecule has 6 nitrogen and oxygen atoms in total. The zero-order valence-corrected chi connectivity index (χ0v) is 9.61. The molecule has 0 saturated carbocycles. The number of fused-ring (bicyclic) bond motifs is 1. The van der Waals surface area contributed by atoms with Gasteiger partial charge in [0.1, 0.15) is 0 Å². The molecule has 0 fully saturated rings. The average Bonchev–Trinajstić information content (AvgIpc) is 2.74. The molecular formula is C10H15N5O. The summed E-state index contributed by atoms with van der Waals surface area (Å²) in [5, 5.41) is 10.1. The normalized spacial score (nSPS) is 12.9. The van der Waals surface area contributed by atoms with E-state index in [0.717, 1.165) is 11.3 Å². The predicted octanol–water partition coefficient (Wildman–Crippen LogP) is 0.953. The van der Waals surface area contributed by atoms with Crippen molar-refractivity contribution in [2.24, 2.45) is 0 Å². The van der Waals surface area contributed by atoms with Gasteiger partial charge in [0.2, 0.25) is 5.91 Å².